The largest absolute Gasteiger partial charge is 0.331 e. The van der Waals surface area contributed by atoms with E-state index in [4.69, 9.17) is 0 Å². The zero-order valence-corrected chi connectivity index (χ0v) is 8.83. The number of aromatic nitrogens is 2. The average Bonchev–Trinajstić information content (AvgIpc) is 2.48. The molecular weight excluding hydrogens is 208 g/mol. The Hall–Kier alpha value is -1.24. The number of hydrogen-bond donors (Lipinski definition) is 0. The van der Waals surface area contributed by atoms with Crippen molar-refractivity contribution < 1.29 is 17.7 Å². The highest BCUT2D eigenvalue weighted by atomic mass is 32.2. The second kappa shape index (κ2) is 3.49. The van der Waals surface area contributed by atoms with Gasteiger partial charge in [0.05, 0.1) is 0 Å². The first-order valence-electron chi connectivity index (χ1n) is 3.85. The lowest BCUT2D eigenvalue weighted by Crippen LogP contribution is -2.09. The summed E-state index contributed by atoms with van der Waals surface area (Å²) < 4.78 is 26.8. The van der Waals surface area contributed by atoms with Crippen molar-refractivity contribution in [2.24, 2.45) is 0 Å². The van der Waals surface area contributed by atoms with E-state index in [2.05, 4.69) is 14.7 Å². The highest BCUT2D eigenvalue weighted by Gasteiger charge is 2.23. The van der Waals surface area contributed by atoms with E-state index in [9.17, 15) is 13.2 Å². The van der Waals surface area contributed by atoms with Crippen LogP contribution in [0.2, 0.25) is 0 Å². The van der Waals surface area contributed by atoms with Crippen LogP contribution in [0.15, 0.2) is 4.52 Å². The van der Waals surface area contributed by atoms with Crippen LogP contribution >= 0.6 is 0 Å². The minimum absolute atomic E-state index is 0.0118. The van der Waals surface area contributed by atoms with Gasteiger partial charge in [-0.05, 0) is 6.92 Å². The second-order valence-corrected chi connectivity index (χ2v) is 5.35. The Balaban J connectivity index is 3.04. The predicted octanol–water partition coefficient (Wildman–Crippen LogP) is 0.378. The molecule has 1 heterocycles. The summed E-state index contributed by atoms with van der Waals surface area (Å²) in [4.78, 5) is 14.5. The van der Waals surface area contributed by atoms with Gasteiger partial charge in [0.1, 0.15) is 5.25 Å². The van der Waals surface area contributed by atoms with Crippen LogP contribution in [0, 0.1) is 0 Å². The number of carbonyl (C=O) groups is 1. The van der Waals surface area contributed by atoms with Crippen LogP contribution in [-0.4, -0.2) is 30.6 Å². The van der Waals surface area contributed by atoms with Gasteiger partial charge in [-0.15, -0.1) is 0 Å². The molecule has 1 aromatic heterocycles. The molecule has 0 spiro atoms. The first-order chi connectivity index (χ1) is 6.32. The standard InChI is InChI=1S/C7H10N2O4S/c1-4(10)7-8-6(9-13-7)5(2)14(3,11)12/h5H,1-3H3. The molecule has 1 aromatic rings. The molecule has 1 rings (SSSR count). The Labute approximate surface area is 81.2 Å². The van der Waals surface area contributed by atoms with E-state index in [1.165, 1.54) is 13.8 Å². The van der Waals surface area contributed by atoms with E-state index >= 15 is 0 Å². The zero-order chi connectivity index (χ0) is 10.9. The summed E-state index contributed by atoms with van der Waals surface area (Å²) >= 11 is 0. The van der Waals surface area contributed by atoms with E-state index in [0.717, 1.165) is 6.26 Å². The highest BCUT2D eigenvalue weighted by molar-refractivity contribution is 7.90. The van der Waals surface area contributed by atoms with Gasteiger partial charge in [0.15, 0.2) is 15.7 Å². The number of carbonyl (C=O) groups excluding carboxylic acids is 1. The average molecular weight is 218 g/mol. The quantitative estimate of drug-likeness (QED) is 0.681. The molecule has 14 heavy (non-hydrogen) atoms. The van der Waals surface area contributed by atoms with E-state index < -0.39 is 15.1 Å². The van der Waals surface area contributed by atoms with Crippen molar-refractivity contribution in [3.63, 3.8) is 0 Å². The molecule has 0 fully saturated rings. The number of nitrogens with zero attached hydrogens (tertiary/aromatic N) is 2. The van der Waals surface area contributed by atoms with Gasteiger partial charge in [-0.2, -0.15) is 4.98 Å². The summed E-state index contributed by atoms with van der Waals surface area (Å²) in [6.45, 7) is 2.70. The minimum atomic E-state index is -3.26. The molecule has 0 aliphatic heterocycles. The lowest BCUT2D eigenvalue weighted by atomic mass is 10.4. The third-order valence-electron chi connectivity index (χ3n) is 1.75. The minimum Gasteiger partial charge on any atom is -0.331 e. The van der Waals surface area contributed by atoms with Crippen molar-refractivity contribution in [2.75, 3.05) is 6.26 Å². The van der Waals surface area contributed by atoms with Crippen molar-refractivity contribution in [3.8, 4) is 0 Å². The molecule has 0 N–H and O–H groups in total. The molecule has 0 amide bonds. The predicted molar refractivity (Wildman–Crippen MR) is 47.6 cm³/mol. The molecule has 1 unspecified atom stereocenters. The van der Waals surface area contributed by atoms with Crippen LogP contribution in [0.3, 0.4) is 0 Å². The Bertz CT molecular complexity index is 448. The third-order valence-corrected chi connectivity index (χ3v) is 3.24. The number of ketones is 1. The molecule has 0 aromatic carbocycles. The molecule has 0 aliphatic rings. The van der Waals surface area contributed by atoms with Crippen LogP contribution < -0.4 is 0 Å². The highest BCUT2D eigenvalue weighted by Crippen LogP contribution is 2.17. The van der Waals surface area contributed by atoms with Crippen molar-refractivity contribution in [3.05, 3.63) is 11.7 Å². The fourth-order valence-corrected chi connectivity index (χ4v) is 1.21. The molecule has 0 radical (unpaired) electrons. The summed E-state index contributed by atoms with van der Waals surface area (Å²) in [5.41, 5.74) is 0. The molecule has 0 bridgehead atoms. The summed E-state index contributed by atoms with van der Waals surface area (Å²) in [5, 5.41) is 2.56. The lowest BCUT2D eigenvalue weighted by Gasteiger charge is -2.01. The second-order valence-electron chi connectivity index (χ2n) is 2.99. The topological polar surface area (TPSA) is 90.1 Å². The molecule has 78 valence electrons. The Kier molecular flexibility index (Phi) is 2.70. The Morgan fingerprint density at radius 1 is 1.50 bits per heavy atom. The van der Waals surface area contributed by atoms with Crippen LogP contribution in [0.1, 0.15) is 35.6 Å². The van der Waals surface area contributed by atoms with Gasteiger partial charge in [0.2, 0.25) is 5.78 Å². The van der Waals surface area contributed by atoms with Crippen molar-refractivity contribution in [1.29, 1.82) is 0 Å². The normalized spacial score (nSPS) is 13.9. The molecular formula is C7H10N2O4S. The smallest absolute Gasteiger partial charge is 0.293 e. The number of sulfone groups is 1. The molecule has 6 nitrogen and oxygen atoms in total. The third kappa shape index (κ3) is 2.16. The molecule has 1 atom stereocenters. The first kappa shape index (κ1) is 10.8. The maximum absolute atomic E-state index is 11.1. The number of hydrogen-bond acceptors (Lipinski definition) is 6. The van der Waals surface area contributed by atoms with Gasteiger partial charge < -0.3 is 4.52 Å². The monoisotopic (exact) mass is 218 g/mol. The lowest BCUT2D eigenvalue weighted by molar-refractivity contribution is 0.0972. The van der Waals surface area contributed by atoms with E-state index in [1.54, 1.807) is 0 Å². The molecule has 0 aliphatic carbocycles. The fraction of sp³-hybridized carbons (Fsp3) is 0.571. The van der Waals surface area contributed by atoms with E-state index in [-0.39, 0.29) is 17.5 Å². The van der Waals surface area contributed by atoms with Crippen LogP contribution in [-0.2, 0) is 9.84 Å². The van der Waals surface area contributed by atoms with Gasteiger partial charge >= 0.3 is 0 Å². The van der Waals surface area contributed by atoms with Gasteiger partial charge in [-0.25, -0.2) is 8.42 Å². The Morgan fingerprint density at radius 2 is 2.07 bits per heavy atom. The van der Waals surface area contributed by atoms with Crippen LogP contribution in [0.4, 0.5) is 0 Å². The van der Waals surface area contributed by atoms with Gasteiger partial charge in [0, 0.05) is 13.2 Å². The molecule has 0 saturated heterocycles. The number of rotatable bonds is 3. The summed E-state index contributed by atoms with van der Waals surface area (Å²) in [7, 11) is -3.26. The van der Waals surface area contributed by atoms with Gasteiger partial charge in [-0.3, -0.25) is 4.79 Å². The molecule has 0 saturated carbocycles. The fourth-order valence-electron chi connectivity index (χ4n) is 0.734. The van der Waals surface area contributed by atoms with Crippen molar-refractivity contribution >= 4 is 15.6 Å². The summed E-state index contributed by atoms with van der Waals surface area (Å²) in [6.07, 6.45) is 1.07. The van der Waals surface area contributed by atoms with Crippen LogP contribution in [0.5, 0.6) is 0 Å². The SMILES string of the molecule is CC(=O)c1nc(C(C)S(C)(=O)=O)no1. The van der Waals surface area contributed by atoms with Gasteiger partial charge in [-0.1, -0.05) is 5.16 Å². The van der Waals surface area contributed by atoms with Crippen molar-refractivity contribution in [1.82, 2.24) is 10.1 Å². The maximum atomic E-state index is 11.1. The maximum Gasteiger partial charge on any atom is 0.293 e. The van der Waals surface area contributed by atoms with Gasteiger partial charge in [0.25, 0.3) is 5.89 Å². The number of Topliss-reactive ketones (excluding diaryl/α,β-unsaturated/α-hetero) is 1. The zero-order valence-electron chi connectivity index (χ0n) is 8.01. The first-order valence-corrected chi connectivity index (χ1v) is 5.81. The van der Waals surface area contributed by atoms with Crippen LogP contribution in [0.25, 0.3) is 0 Å². The molecule has 7 heteroatoms. The van der Waals surface area contributed by atoms with E-state index in [1.807, 2.05) is 0 Å². The summed E-state index contributed by atoms with van der Waals surface area (Å²) in [6, 6.07) is 0. The summed E-state index contributed by atoms with van der Waals surface area (Å²) in [5.74, 6) is -0.544. The van der Waals surface area contributed by atoms with E-state index in [0.29, 0.717) is 0 Å². The Morgan fingerprint density at radius 3 is 2.43 bits per heavy atom. The van der Waals surface area contributed by atoms with Crippen molar-refractivity contribution in [2.45, 2.75) is 19.1 Å².